The van der Waals surface area contributed by atoms with E-state index in [1.165, 1.54) is 19.2 Å². The van der Waals surface area contributed by atoms with Gasteiger partial charge >= 0.3 is 0 Å². The molecule has 0 aromatic heterocycles. The molecule has 0 radical (unpaired) electrons. The van der Waals surface area contributed by atoms with E-state index in [0.717, 1.165) is 6.26 Å². The Hall–Kier alpha value is -0.780. The molecule has 4 nitrogen and oxygen atoms in total. The third-order valence-corrected chi connectivity index (χ3v) is 3.33. The van der Waals surface area contributed by atoms with E-state index in [1.54, 1.807) is 0 Å². The van der Waals surface area contributed by atoms with Crippen LogP contribution in [-0.4, -0.2) is 33.3 Å². The van der Waals surface area contributed by atoms with Crippen LogP contribution in [0.3, 0.4) is 0 Å². The van der Waals surface area contributed by atoms with Gasteiger partial charge in [0.05, 0.1) is 17.2 Å². The van der Waals surface area contributed by atoms with Crippen LogP contribution in [0.4, 0.5) is 0 Å². The molecule has 1 rings (SSSR count). The molecule has 0 atom stereocenters. The van der Waals surface area contributed by atoms with E-state index in [0.29, 0.717) is 5.75 Å². The van der Waals surface area contributed by atoms with Crippen molar-refractivity contribution in [2.24, 2.45) is 0 Å². The highest BCUT2D eigenvalue weighted by atomic mass is 35.5. The Morgan fingerprint density at radius 3 is 2.35 bits per heavy atom. The topological polar surface area (TPSA) is 60.4 Å². The molecule has 0 amide bonds. The summed E-state index contributed by atoms with van der Waals surface area (Å²) in [5.41, 5.74) is 0.0721. The summed E-state index contributed by atoms with van der Waals surface area (Å²) < 4.78 is 26.9. The molecule has 0 fully saturated rings. The fourth-order valence-corrected chi connectivity index (χ4v) is 2.35. The van der Waals surface area contributed by atoms with Crippen molar-refractivity contribution in [1.29, 1.82) is 0 Å². The molecule has 0 N–H and O–H groups in total. The van der Waals surface area contributed by atoms with Crippen molar-refractivity contribution in [2.75, 3.05) is 19.1 Å². The lowest BCUT2D eigenvalue weighted by Crippen LogP contribution is -2.15. The predicted molar refractivity (Wildman–Crippen MR) is 67.1 cm³/mol. The van der Waals surface area contributed by atoms with E-state index < -0.39 is 21.4 Å². The Morgan fingerprint density at radius 2 is 1.88 bits per heavy atom. The summed E-state index contributed by atoms with van der Waals surface area (Å²) in [6.45, 7) is 0. The number of carbonyl (C=O) groups excluding carboxylic acids is 1. The van der Waals surface area contributed by atoms with Crippen LogP contribution >= 0.6 is 23.2 Å². The first-order chi connectivity index (χ1) is 7.74. The highest BCUT2D eigenvalue weighted by molar-refractivity contribution is 7.91. The molecule has 0 saturated carbocycles. The maximum Gasteiger partial charge on any atom is 0.179 e. The molecule has 0 bridgehead atoms. The Kier molecular flexibility index (Phi) is 4.41. The maximum absolute atomic E-state index is 11.7. The van der Waals surface area contributed by atoms with Crippen molar-refractivity contribution >= 4 is 38.8 Å². The average molecular weight is 297 g/mol. The smallest absolute Gasteiger partial charge is 0.179 e. The lowest BCUT2D eigenvalue weighted by Gasteiger charge is -2.07. The van der Waals surface area contributed by atoms with E-state index in [-0.39, 0.29) is 15.6 Å². The Morgan fingerprint density at radius 1 is 1.29 bits per heavy atom. The first-order valence-corrected chi connectivity index (χ1v) is 7.30. The van der Waals surface area contributed by atoms with Crippen LogP contribution in [-0.2, 0) is 9.84 Å². The molecular formula is C10H10Cl2O4S. The highest BCUT2D eigenvalue weighted by Crippen LogP contribution is 2.31. The Bertz CT molecular complexity index is 552. The number of hydrogen-bond acceptors (Lipinski definition) is 4. The molecule has 7 heteroatoms. The van der Waals surface area contributed by atoms with Gasteiger partial charge in [-0.25, -0.2) is 8.42 Å². The van der Waals surface area contributed by atoms with Gasteiger partial charge in [0.15, 0.2) is 15.6 Å². The molecule has 0 aliphatic rings. The van der Waals surface area contributed by atoms with Gasteiger partial charge in [0.25, 0.3) is 0 Å². The standard InChI is InChI=1S/C10H10Cl2O4S/c1-16-10-4-7(11)6(3-8(10)12)9(13)5-17(2,14)15/h3-4H,5H2,1-2H3. The molecule has 0 aliphatic heterocycles. The molecule has 0 aliphatic carbocycles. The minimum atomic E-state index is -3.40. The van der Waals surface area contributed by atoms with Crippen LogP contribution in [0.5, 0.6) is 5.75 Å². The number of Topliss-reactive ketones (excluding diaryl/α,β-unsaturated/α-hetero) is 1. The van der Waals surface area contributed by atoms with E-state index in [4.69, 9.17) is 27.9 Å². The summed E-state index contributed by atoms with van der Waals surface area (Å²) in [6.07, 6.45) is 0.976. The first-order valence-electron chi connectivity index (χ1n) is 4.48. The van der Waals surface area contributed by atoms with Crippen molar-refractivity contribution in [3.63, 3.8) is 0 Å². The van der Waals surface area contributed by atoms with Crippen LogP contribution in [0, 0.1) is 0 Å². The number of halogens is 2. The number of benzene rings is 1. The Labute approximate surface area is 109 Å². The molecule has 94 valence electrons. The average Bonchev–Trinajstić information content (AvgIpc) is 2.18. The van der Waals surface area contributed by atoms with Crippen molar-refractivity contribution in [1.82, 2.24) is 0 Å². The van der Waals surface area contributed by atoms with Crippen LogP contribution < -0.4 is 4.74 Å². The zero-order valence-electron chi connectivity index (χ0n) is 9.16. The largest absolute Gasteiger partial charge is 0.495 e. The number of methoxy groups -OCH3 is 1. The Balaban J connectivity index is 3.16. The normalized spacial score (nSPS) is 11.3. The van der Waals surface area contributed by atoms with Gasteiger partial charge in [-0.1, -0.05) is 23.2 Å². The van der Waals surface area contributed by atoms with E-state index in [1.807, 2.05) is 0 Å². The SMILES string of the molecule is COc1cc(Cl)c(C(=O)CS(C)(=O)=O)cc1Cl. The number of rotatable bonds is 4. The van der Waals surface area contributed by atoms with Gasteiger partial charge in [-0.2, -0.15) is 0 Å². The number of ether oxygens (including phenoxy) is 1. The summed E-state index contributed by atoms with van der Waals surface area (Å²) in [4.78, 5) is 11.7. The fourth-order valence-electron chi connectivity index (χ4n) is 1.21. The molecule has 17 heavy (non-hydrogen) atoms. The van der Waals surface area contributed by atoms with Crippen LogP contribution in [0.25, 0.3) is 0 Å². The van der Waals surface area contributed by atoms with Crippen molar-refractivity contribution in [2.45, 2.75) is 0 Å². The lowest BCUT2D eigenvalue weighted by molar-refractivity contribution is 0.102. The third kappa shape index (κ3) is 3.87. The summed E-state index contributed by atoms with van der Waals surface area (Å²) in [5.74, 6) is -0.871. The fraction of sp³-hybridized carbons (Fsp3) is 0.300. The molecule has 1 aromatic carbocycles. The second-order valence-corrected chi connectivity index (χ2v) is 6.41. The summed E-state index contributed by atoms with van der Waals surface area (Å²) >= 11 is 11.7. The maximum atomic E-state index is 11.7. The number of ketones is 1. The summed E-state index contributed by atoms with van der Waals surface area (Å²) in [6, 6.07) is 2.68. The quantitative estimate of drug-likeness (QED) is 0.800. The zero-order valence-corrected chi connectivity index (χ0v) is 11.5. The molecular weight excluding hydrogens is 287 g/mol. The third-order valence-electron chi connectivity index (χ3n) is 1.94. The van der Waals surface area contributed by atoms with Gasteiger partial charge in [0, 0.05) is 17.9 Å². The van der Waals surface area contributed by atoms with Crippen LogP contribution in [0.2, 0.25) is 10.0 Å². The summed E-state index contributed by atoms with van der Waals surface area (Å²) in [5, 5.41) is 0.314. The van der Waals surface area contributed by atoms with E-state index >= 15 is 0 Å². The number of sulfone groups is 1. The van der Waals surface area contributed by atoms with E-state index in [9.17, 15) is 13.2 Å². The van der Waals surface area contributed by atoms with Gasteiger partial charge in [-0.3, -0.25) is 4.79 Å². The van der Waals surface area contributed by atoms with Crippen molar-refractivity contribution < 1.29 is 17.9 Å². The van der Waals surface area contributed by atoms with Crippen molar-refractivity contribution in [3.8, 4) is 5.75 Å². The van der Waals surface area contributed by atoms with E-state index in [2.05, 4.69) is 0 Å². The van der Waals surface area contributed by atoms with Gasteiger partial charge < -0.3 is 4.74 Å². The second kappa shape index (κ2) is 5.25. The van der Waals surface area contributed by atoms with Gasteiger partial charge in [-0.05, 0) is 6.07 Å². The van der Waals surface area contributed by atoms with Crippen LogP contribution in [0.15, 0.2) is 12.1 Å². The van der Waals surface area contributed by atoms with Gasteiger partial charge in [0.1, 0.15) is 11.5 Å². The molecule has 1 aromatic rings. The predicted octanol–water partition coefficient (Wildman–Crippen LogP) is 2.23. The molecule has 0 spiro atoms. The molecule has 0 saturated heterocycles. The zero-order chi connectivity index (χ0) is 13.2. The lowest BCUT2D eigenvalue weighted by atomic mass is 10.1. The minimum absolute atomic E-state index is 0.0721. The number of carbonyl (C=O) groups is 1. The highest BCUT2D eigenvalue weighted by Gasteiger charge is 2.18. The molecule has 0 unspecified atom stereocenters. The van der Waals surface area contributed by atoms with Gasteiger partial charge in [0.2, 0.25) is 0 Å². The minimum Gasteiger partial charge on any atom is -0.495 e. The number of hydrogen-bond donors (Lipinski definition) is 0. The summed E-state index contributed by atoms with van der Waals surface area (Å²) in [7, 11) is -1.99. The van der Waals surface area contributed by atoms with Crippen LogP contribution in [0.1, 0.15) is 10.4 Å². The second-order valence-electron chi connectivity index (χ2n) is 3.46. The van der Waals surface area contributed by atoms with Gasteiger partial charge in [-0.15, -0.1) is 0 Å². The first kappa shape index (κ1) is 14.3. The monoisotopic (exact) mass is 296 g/mol. The van der Waals surface area contributed by atoms with Crippen molar-refractivity contribution in [3.05, 3.63) is 27.7 Å². The molecule has 0 heterocycles.